The van der Waals surface area contributed by atoms with Crippen LogP contribution in [0.25, 0.3) is 11.0 Å². The molecule has 3 heterocycles. The van der Waals surface area contributed by atoms with E-state index >= 15 is 0 Å². The summed E-state index contributed by atoms with van der Waals surface area (Å²) in [5.74, 6) is 1.08. The summed E-state index contributed by atoms with van der Waals surface area (Å²) in [6, 6.07) is 8.30. The molecule has 8 heteroatoms. The number of nitrogens with zero attached hydrogens (tertiary/aromatic N) is 3. The summed E-state index contributed by atoms with van der Waals surface area (Å²) in [6.45, 7) is 5.77. The number of aromatic nitrogens is 2. The van der Waals surface area contributed by atoms with Gasteiger partial charge in [0, 0.05) is 26.2 Å². The minimum absolute atomic E-state index is 0.0189. The van der Waals surface area contributed by atoms with Gasteiger partial charge in [0.25, 0.3) is 6.47 Å². The number of likely N-dealkylation sites (tertiary alicyclic amines) is 1. The molecule has 0 unspecified atom stereocenters. The molecule has 1 aromatic heterocycles. The maximum absolute atomic E-state index is 12.6. The van der Waals surface area contributed by atoms with Gasteiger partial charge in [0.15, 0.2) is 0 Å². The maximum atomic E-state index is 12.6. The molecule has 0 bridgehead atoms. The van der Waals surface area contributed by atoms with Gasteiger partial charge in [-0.15, -0.1) is 0 Å². The summed E-state index contributed by atoms with van der Waals surface area (Å²) in [4.78, 5) is 28.2. The monoisotopic (exact) mass is 416 g/mol. The van der Waals surface area contributed by atoms with E-state index in [-0.39, 0.29) is 12.4 Å². The van der Waals surface area contributed by atoms with Crippen molar-refractivity contribution in [3.63, 3.8) is 0 Å². The fraction of sp³-hybridized carbons (Fsp3) is 0.591. The summed E-state index contributed by atoms with van der Waals surface area (Å²) >= 11 is 0. The first-order valence-corrected chi connectivity index (χ1v) is 10.8. The number of rotatable bonds is 5. The van der Waals surface area contributed by atoms with Gasteiger partial charge in [0.1, 0.15) is 5.82 Å². The smallest absolute Gasteiger partial charge is 0.290 e. The number of hydrogen-bond acceptors (Lipinski definition) is 5. The first kappa shape index (κ1) is 22.2. The Morgan fingerprint density at radius 3 is 2.87 bits per heavy atom. The van der Waals surface area contributed by atoms with Crippen LogP contribution in [0.15, 0.2) is 24.3 Å². The van der Waals surface area contributed by atoms with Crippen molar-refractivity contribution >= 4 is 23.4 Å². The van der Waals surface area contributed by atoms with Crippen LogP contribution in [0.3, 0.4) is 0 Å². The summed E-state index contributed by atoms with van der Waals surface area (Å²) in [6.07, 6.45) is 4.06. The number of fused-ring (bicyclic) bond motifs is 1. The van der Waals surface area contributed by atoms with Crippen molar-refractivity contribution < 1.29 is 19.8 Å². The molecule has 30 heavy (non-hydrogen) atoms. The van der Waals surface area contributed by atoms with Gasteiger partial charge in [-0.3, -0.25) is 14.5 Å². The van der Waals surface area contributed by atoms with Gasteiger partial charge in [0.2, 0.25) is 5.91 Å². The number of carboxylic acid groups (broad SMARTS) is 1. The number of carbonyl (C=O) groups excluding carboxylic acids is 1. The van der Waals surface area contributed by atoms with E-state index in [2.05, 4.69) is 39.9 Å². The third kappa shape index (κ3) is 4.49. The number of benzene rings is 1. The lowest BCUT2D eigenvalue weighted by molar-refractivity contribution is -0.149. The zero-order chi connectivity index (χ0) is 21.6. The van der Waals surface area contributed by atoms with Crippen LogP contribution in [-0.2, 0) is 22.7 Å². The number of imidazole rings is 1. The number of aliphatic hydroxyl groups is 1. The topological polar surface area (TPSA) is 108 Å². The Labute approximate surface area is 176 Å². The van der Waals surface area contributed by atoms with Crippen LogP contribution >= 0.6 is 0 Å². The van der Waals surface area contributed by atoms with E-state index < -0.39 is 11.5 Å². The van der Waals surface area contributed by atoms with E-state index in [9.17, 15) is 9.90 Å². The van der Waals surface area contributed by atoms with Gasteiger partial charge in [-0.2, -0.15) is 0 Å². The highest BCUT2D eigenvalue weighted by Gasteiger charge is 2.49. The highest BCUT2D eigenvalue weighted by atomic mass is 16.3. The predicted octanol–water partition coefficient (Wildman–Crippen LogP) is 2.00. The average molecular weight is 417 g/mol. The highest BCUT2D eigenvalue weighted by Crippen LogP contribution is 2.37. The van der Waals surface area contributed by atoms with Crippen molar-refractivity contribution in [2.75, 3.05) is 19.6 Å². The second-order valence-electron chi connectivity index (χ2n) is 8.16. The summed E-state index contributed by atoms with van der Waals surface area (Å²) < 4.78 is 2.33. The Kier molecular flexibility index (Phi) is 7.44. The van der Waals surface area contributed by atoms with E-state index in [4.69, 9.17) is 14.9 Å². The number of aliphatic hydroxyl groups excluding tert-OH is 1. The lowest BCUT2D eigenvalue weighted by Crippen LogP contribution is -2.61. The molecule has 1 aromatic carbocycles. The molecular weight excluding hydrogens is 384 g/mol. The fourth-order valence-corrected chi connectivity index (χ4v) is 4.68. The second-order valence-corrected chi connectivity index (χ2v) is 8.16. The first-order chi connectivity index (χ1) is 14.6. The third-order valence-corrected chi connectivity index (χ3v) is 6.23. The first-order valence-electron chi connectivity index (χ1n) is 10.8. The van der Waals surface area contributed by atoms with Crippen LogP contribution < -0.4 is 5.32 Å². The molecule has 2 saturated heterocycles. The van der Waals surface area contributed by atoms with Gasteiger partial charge in [-0.05, 0) is 37.8 Å². The van der Waals surface area contributed by atoms with Gasteiger partial charge in [-0.1, -0.05) is 25.5 Å². The number of carbonyl (C=O) groups is 2. The lowest BCUT2D eigenvalue weighted by Gasteiger charge is -2.46. The number of para-hydroxylation sites is 2. The fourth-order valence-electron chi connectivity index (χ4n) is 4.68. The molecule has 2 fully saturated rings. The van der Waals surface area contributed by atoms with Crippen LogP contribution in [0.5, 0.6) is 0 Å². The molecule has 0 aliphatic carbocycles. The molecule has 2 aliphatic heterocycles. The van der Waals surface area contributed by atoms with Crippen molar-refractivity contribution in [1.29, 1.82) is 0 Å². The minimum atomic E-state index is -0.656. The van der Waals surface area contributed by atoms with Gasteiger partial charge in [0.05, 0.1) is 29.1 Å². The SMILES string of the molecule is CCCCn1c(CN2CC[C@@H](O)[C@@]3(CCCNC3=O)C2)nc2ccccc21.O=CO. The Morgan fingerprint density at radius 2 is 2.13 bits per heavy atom. The predicted molar refractivity (Wildman–Crippen MR) is 114 cm³/mol. The van der Waals surface area contributed by atoms with E-state index in [0.29, 0.717) is 13.0 Å². The standard InChI is InChI=1S/C21H30N4O2.CH2O2/c1-2-3-12-25-17-8-5-4-7-16(17)23-19(25)14-24-13-9-18(26)21(15-24)10-6-11-22-20(21)27;2-1-3/h4-5,7-8,18,26H,2-3,6,9-15H2,1H3,(H,22,27);1H,(H,2,3)/t18-,21-;/m1./s1. The van der Waals surface area contributed by atoms with Crippen LogP contribution in [0, 0.1) is 5.41 Å². The summed E-state index contributed by atoms with van der Waals surface area (Å²) in [5.41, 5.74) is 1.56. The van der Waals surface area contributed by atoms with Crippen LogP contribution in [0.2, 0.25) is 0 Å². The van der Waals surface area contributed by atoms with Gasteiger partial charge in [-0.25, -0.2) is 4.98 Å². The highest BCUT2D eigenvalue weighted by molar-refractivity contribution is 5.84. The normalized spacial score (nSPS) is 24.3. The zero-order valence-electron chi connectivity index (χ0n) is 17.6. The van der Waals surface area contributed by atoms with Crippen LogP contribution in [0.1, 0.15) is 44.9 Å². The van der Waals surface area contributed by atoms with Crippen molar-refractivity contribution in [2.45, 2.75) is 58.2 Å². The Morgan fingerprint density at radius 1 is 1.37 bits per heavy atom. The molecule has 1 spiro atoms. The molecule has 2 aliphatic rings. The largest absolute Gasteiger partial charge is 0.483 e. The Hall–Kier alpha value is -2.45. The van der Waals surface area contributed by atoms with Gasteiger partial charge < -0.3 is 20.1 Å². The van der Waals surface area contributed by atoms with Crippen molar-refractivity contribution in [1.82, 2.24) is 19.8 Å². The van der Waals surface area contributed by atoms with Crippen molar-refractivity contribution in [3.05, 3.63) is 30.1 Å². The quantitative estimate of drug-likeness (QED) is 0.644. The molecule has 0 radical (unpaired) electrons. The zero-order valence-corrected chi connectivity index (χ0v) is 17.6. The van der Waals surface area contributed by atoms with Crippen LogP contribution in [-0.4, -0.2) is 62.8 Å². The molecule has 0 saturated carbocycles. The number of nitrogens with one attached hydrogen (secondary N) is 1. The van der Waals surface area contributed by atoms with Crippen molar-refractivity contribution in [2.24, 2.45) is 5.41 Å². The van der Waals surface area contributed by atoms with E-state index in [1.165, 1.54) is 5.52 Å². The number of piperidine rings is 2. The summed E-state index contributed by atoms with van der Waals surface area (Å²) in [5, 5.41) is 20.5. The Balaban J connectivity index is 0.000000806. The number of unbranched alkanes of at least 4 members (excludes halogenated alkanes) is 1. The second kappa shape index (κ2) is 10.0. The molecular formula is C22H32N4O4. The van der Waals surface area contributed by atoms with Crippen LogP contribution in [0.4, 0.5) is 0 Å². The molecule has 2 aromatic rings. The van der Waals surface area contributed by atoms with E-state index in [1.807, 2.05) is 6.07 Å². The van der Waals surface area contributed by atoms with Crippen molar-refractivity contribution in [3.8, 4) is 0 Å². The number of hydrogen-bond donors (Lipinski definition) is 3. The molecule has 3 N–H and O–H groups in total. The molecule has 164 valence electrons. The molecule has 1 amide bonds. The number of amides is 1. The maximum Gasteiger partial charge on any atom is 0.290 e. The average Bonchev–Trinajstić information content (AvgIpc) is 3.09. The molecule has 4 rings (SSSR count). The molecule has 8 nitrogen and oxygen atoms in total. The minimum Gasteiger partial charge on any atom is -0.483 e. The lowest BCUT2D eigenvalue weighted by atomic mass is 9.71. The number of aryl methyl sites for hydroxylation is 1. The van der Waals surface area contributed by atoms with E-state index in [0.717, 1.165) is 63.2 Å². The van der Waals surface area contributed by atoms with Gasteiger partial charge >= 0.3 is 0 Å². The third-order valence-electron chi connectivity index (χ3n) is 6.23. The van der Waals surface area contributed by atoms with E-state index in [1.54, 1.807) is 0 Å². The summed E-state index contributed by atoms with van der Waals surface area (Å²) in [7, 11) is 0. The Bertz CT molecular complexity index is 868. The molecule has 2 atom stereocenters.